The Hall–Kier alpha value is -4.14. The van der Waals surface area contributed by atoms with Crippen molar-refractivity contribution in [2.24, 2.45) is 0 Å². The number of nitrogens with one attached hydrogen (secondary N) is 3. The van der Waals surface area contributed by atoms with E-state index >= 15 is 0 Å². The van der Waals surface area contributed by atoms with Gasteiger partial charge in [-0.25, -0.2) is 8.42 Å². The summed E-state index contributed by atoms with van der Waals surface area (Å²) in [6.45, 7) is 5.19. The molecule has 0 bridgehead atoms. The summed E-state index contributed by atoms with van der Waals surface area (Å²) in [5.74, 6) is -2.56. The van der Waals surface area contributed by atoms with E-state index in [0.717, 1.165) is 17.0 Å². The zero-order valence-corrected chi connectivity index (χ0v) is 29.7. The number of amides is 4. The summed E-state index contributed by atoms with van der Waals surface area (Å²) in [5.41, 5.74) is 0.183. The highest BCUT2D eigenvalue weighted by Crippen LogP contribution is 2.26. The fourth-order valence-corrected chi connectivity index (χ4v) is 7.31. The van der Waals surface area contributed by atoms with E-state index in [9.17, 15) is 32.7 Å². The van der Waals surface area contributed by atoms with Crippen molar-refractivity contribution in [1.82, 2.24) is 20.9 Å². The minimum absolute atomic E-state index is 0.00390. The number of aliphatic hydroxyl groups excluding tert-OH is 1. The molecule has 49 heavy (non-hydrogen) atoms. The van der Waals surface area contributed by atoms with Crippen molar-refractivity contribution in [2.75, 3.05) is 30.2 Å². The second kappa shape index (κ2) is 16.5. The zero-order valence-electron chi connectivity index (χ0n) is 28.0. The van der Waals surface area contributed by atoms with Gasteiger partial charge in [-0.2, -0.15) is 0 Å². The fourth-order valence-electron chi connectivity index (χ4n) is 5.30. The Bertz CT molecular complexity index is 1750. The highest BCUT2D eigenvalue weighted by Gasteiger charge is 2.41. The molecule has 0 aliphatic carbocycles. The molecule has 0 radical (unpaired) electrons. The smallest absolute Gasteiger partial charge is 0.258 e. The maximum absolute atomic E-state index is 13.7. The van der Waals surface area contributed by atoms with E-state index in [1.165, 1.54) is 16.7 Å². The highest BCUT2D eigenvalue weighted by molar-refractivity contribution is 7.99. The minimum atomic E-state index is -3.79. The normalized spacial score (nSPS) is 16.8. The summed E-state index contributed by atoms with van der Waals surface area (Å²) in [7, 11) is -3.79. The van der Waals surface area contributed by atoms with Crippen molar-refractivity contribution in [3.63, 3.8) is 0 Å². The van der Waals surface area contributed by atoms with Gasteiger partial charge in [-0.3, -0.25) is 19.2 Å². The molecule has 1 aliphatic rings. The lowest BCUT2D eigenvalue weighted by Crippen LogP contribution is -2.60. The van der Waals surface area contributed by atoms with Crippen molar-refractivity contribution in [1.29, 1.82) is 0 Å². The van der Waals surface area contributed by atoms with Gasteiger partial charge >= 0.3 is 0 Å². The SMILES string of the molecule is CCC(C)(C)NC(=O)[C@@H]1CSCN1C(=O)[C@@H](O)[C@H](Cc1ccccc1)NC(=O)[C@H](CS(C)(=O)=O)NC(=O)COc1cccc2ccccc12. The van der Waals surface area contributed by atoms with Crippen LogP contribution in [0.2, 0.25) is 0 Å². The van der Waals surface area contributed by atoms with Crippen LogP contribution in [-0.4, -0.2) is 102 Å². The zero-order chi connectivity index (χ0) is 35.8. The fraction of sp³-hybridized carbons (Fsp3) is 0.429. The van der Waals surface area contributed by atoms with Crippen LogP contribution in [0.25, 0.3) is 10.8 Å². The molecule has 0 aromatic heterocycles. The Morgan fingerprint density at radius 3 is 2.37 bits per heavy atom. The lowest BCUT2D eigenvalue weighted by Gasteiger charge is -2.32. The van der Waals surface area contributed by atoms with Gasteiger partial charge in [0.25, 0.3) is 11.8 Å². The lowest BCUT2D eigenvalue weighted by atomic mass is 9.99. The second-order valence-corrected chi connectivity index (χ2v) is 16.0. The molecule has 3 aromatic carbocycles. The number of aliphatic hydroxyl groups is 1. The predicted molar refractivity (Wildman–Crippen MR) is 190 cm³/mol. The molecule has 12 nitrogen and oxygen atoms in total. The van der Waals surface area contributed by atoms with Crippen LogP contribution >= 0.6 is 11.8 Å². The third-order valence-electron chi connectivity index (χ3n) is 8.30. The maximum atomic E-state index is 13.7. The molecule has 3 aromatic rings. The van der Waals surface area contributed by atoms with E-state index in [-0.39, 0.29) is 18.2 Å². The molecular weight excluding hydrogens is 669 g/mol. The van der Waals surface area contributed by atoms with Crippen LogP contribution in [-0.2, 0) is 35.4 Å². The average molecular weight is 713 g/mol. The van der Waals surface area contributed by atoms with Crippen molar-refractivity contribution in [3.8, 4) is 5.75 Å². The lowest BCUT2D eigenvalue weighted by molar-refractivity contribution is -0.147. The van der Waals surface area contributed by atoms with E-state index in [1.807, 2.05) is 51.1 Å². The van der Waals surface area contributed by atoms with Gasteiger partial charge in [-0.1, -0.05) is 73.7 Å². The van der Waals surface area contributed by atoms with E-state index in [0.29, 0.717) is 23.5 Å². The predicted octanol–water partition coefficient (Wildman–Crippen LogP) is 2.04. The summed E-state index contributed by atoms with van der Waals surface area (Å²) in [6, 6.07) is 18.0. The Morgan fingerprint density at radius 1 is 1.00 bits per heavy atom. The number of hydrogen-bond donors (Lipinski definition) is 4. The summed E-state index contributed by atoms with van der Waals surface area (Å²) in [4.78, 5) is 54.9. The summed E-state index contributed by atoms with van der Waals surface area (Å²) in [5, 5.41) is 21.1. The first-order valence-corrected chi connectivity index (χ1v) is 19.2. The Kier molecular flexibility index (Phi) is 12.7. The first-order chi connectivity index (χ1) is 23.2. The number of sulfone groups is 1. The van der Waals surface area contributed by atoms with Gasteiger partial charge in [0.1, 0.15) is 27.7 Å². The third-order valence-corrected chi connectivity index (χ3v) is 10.3. The molecule has 1 aliphatic heterocycles. The van der Waals surface area contributed by atoms with Crippen LogP contribution in [0.1, 0.15) is 32.8 Å². The van der Waals surface area contributed by atoms with E-state index < -0.39 is 69.7 Å². The maximum Gasteiger partial charge on any atom is 0.258 e. The number of rotatable bonds is 15. The molecule has 0 unspecified atom stereocenters. The van der Waals surface area contributed by atoms with Gasteiger partial charge in [0.2, 0.25) is 11.8 Å². The molecule has 264 valence electrons. The number of hydrogen-bond acceptors (Lipinski definition) is 9. The van der Waals surface area contributed by atoms with E-state index in [4.69, 9.17) is 4.74 Å². The molecule has 4 N–H and O–H groups in total. The number of ether oxygens (including phenoxy) is 1. The molecule has 4 amide bonds. The number of fused-ring (bicyclic) bond motifs is 1. The summed E-state index contributed by atoms with van der Waals surface area (Å²) < 4.78 is 30.4. The van der Waals surface area contributed by atoms with Gasteiger partial charge in [0.15, 0.2) is 12.7 Å². The van der Waals surface area contributed by atoms with Crippen LogP contribution in [0.15, 0.2) is 72.8 Å². The number of nitrogens with zero attached hydrogens (tertiary/aromatic N) is 1. The molecule has 1 heterocycles. The molecule has 4 rings (SSSR count). The van der Waals surface area contributed by atoms with E-state index in [2.05, 4.69) is 16.0 Å². The highest BCUT2D eigenvalue weighted by atomic mass is 32.2. The largest absolute Gasteiger partial charge is 0.483 e. The van der Waals surface area contributed by atoms with Crippen LogP contribution in [0.3, 0.4) is 0 Å². The Balaban J connectivity index is 1.51. The average Bonchev–Trinajstić information content (AvgIpc) is 3.56. The number of thioether (sulfide) groups is 1. The van der Waals surface area contributed by atoms with Gasteiger partial charge in [-0.05, 0) is 43.7 Å². The van der Waals surface area contributed by atoms with Crippen LogP contribution < -0.4 is 20.7 Å². The summed E-state index contributed by atoms with van der Waals surface area (Å²) in [6.07, 6.45) is -0.186. The molecule has 1 saturated heterocycles. The second-order valence-electron chi connectivity index (χ2n) is 12.8. The van der Waals surface area contributed by atoms with Crippen LogP contribution in [0.5, 0.6) is 5.75 Å². The third kappa shape index (κ3) is 10.7. The number of carbonyl (C=O) groups is 4. The quantitative estimate of drug-likeness (QED) is 0.184. The van der Waals surface area contributed by atoms with Gasteiger partial charge in [0, 0.05) is 22.9 Å². The molecule has 0 saturated carbocycles. The number of carbonyl (C=O) groups excluding carboxylic acids is 4. The molecular formula is C35H44N4O8S2. The van der Waals surface area contributed by atoms with Gasteiger partial charge < -0.3 is 30.7 Å². The van der Waals surface area contributed by atoms with Crippen molar-refractivity contribution >= 4 is 56.0 Å². The molecule has 0 spiro atoms. The van der Waals surface area contributed by atoms with Crippen LogP contribution in [0.4, 0.5) is 0 Å². The van der Waals surface area contributed by atoms with Crippen LogP contribution in [0, 0.1) is 0 Å². The molecule has 4 atom stereocenters. The summed E-state index contributed by atoms with van der Waals surface area (Å²) >= 11 is 1.37. The molecule has 1 fully saturated rings. The first kappa shape index (κ1) is 37.7. The standard InChI is InChI=1S/C35H44N4O8S2/c1-5-35(2,3)38-33(43)28-20-48-22-39(28)34(44)31(41)26(18-23-12-7-6-8-13-23)37-32(42)27(21-49(4,45)46)36-30(40)19-47-29-17-11-15-24-14-9-10-16-25(24)29/h6-17,26-28,31,41H,5,18-22H2,1-4H3,(H,36,40)(H,37,42)(H,38,43)/t26-,27-,28-,31-/m0/s1. The number of benzene rings is 3. The monoisotopic (exact) mass is 712 g/mol. The van der Waals surface area contributed by atoms with Crippen molar-refractivity contribution < 1.29 is 37.4 Å². The Labute approximate surface area is 291 Å². The van der Waals surface area contributed by atoms with Gasteiger partial charge in [0.05, 0.1) is 17.7 Å². The first-order valence-electron chi connectivity index (χ1n) is 16.0. The Morgan fingerprint density at radius 2 is 1.67 bits per heavy atom. The van der Waals surface area contributed by atoms with Gasteiger partial charge in [-0.15, -0.1) is 11.8 Å². The topological polar surface area (TPSA) is 171 Å². The van der Waals surface area contributed by atoms with Crippen molar-refractivity contribution in [2.45, 2.75) is 63.4 Å². The molecule has 14 heteroatoms. The van der Waals surface area contributed by atoms with E-state index in [1.54, 1.807) is 42.5 Å². The minimum Gasteiger partial charge on any atom is -0.483 e. The van der Waals surface area contributed by atoms with Crippen molar-refractivity contribution in [3.05, 3.63) is 78.4 Å².